The van der Waals surface area contributed by atoms with Gasteiger partial charge >= 0.3 is 6.18 Å². The molecule has 0 N–H and O–H groups in total. The molecule has 3 heterocycles. The maximum Gasteiger partial charge on any atom is 0.416 e. The molecule has 5 nitrogen and oxygen atoms in total. The first-order valence-electron chi connectivity index (χ1n) is 11.2. The second-order valence-electron chi connectivity index (χ2n) is 8.34. The van der Waals surface area contributed by atoms with Gasteiger partial charge in [-0.15, -0.1) is 0 Å². The molecule has 0 radical (unpaired) electrons. The highest BCUT2D eigenvalue weighted by Crippen LogP contribution is 2.34. The quantitative estimate of drug-likeness (QED) is 0.430. The van der Waals surface area contributed by atoms with Gasteiger partial charge in [-0.2, -0.15) is 18.2 Å². The van der Waals surface area contributed by atoms with Gasteiger partial charge in [0.2, 0.25) is 0 Å². The van der Waals surface area contributed by atoms with Gasteiger partial charge in [0, 0.05) is 44.4 Å². The van der Waals surface area contributed by atoms with Crippen molar-refractivity contribution >= 4 is 28.9 Å². The molecule has 1 amide bonds. The summed E-state index contributed by atoms with van der Waals surface area (Å²) in [7, 11) is 0. The Morgan fingerprint density at radius 1 is 0.971 bits per heavy atom. The monoisotopic (exact) mass is 497 g/mol. The lowest BCUT2D eigenvalue weighted by atomic mass is 10.1. The molecule has 0 saturated carbocycles. The number of hydrogen-bond acceptors (Lipinski definition) is 5. The van der Waals surface area contributed by atoms with E-state index in [4.69, 9.17) is 4.42 Å². The van der Waals surface area contributed by atoms with E-state index < -0.39 is 11.7 Å². The first kappa shape index (κ1) is 23.4. The van der Waals surface area contributed by atoms with Crippen LogP contribution in [0.15, 0.2) is 81.0 Å². The van der Waals surface area contributed by atoms with Gasteiger partial charge in [-0.3, -0.25) is 9.69 Å². The van der Waals surface area contributed by atoms with Crippen molar-refractivity contribution in [3.05, 3.63) is 88.5 Å². The predicted molar refractivity (Wildman–Crippen MR) is 130 cm³/mol. The van der Waals surface area contributed by atoms with E-state index in [1.165, 1.54) is 23.4 Å². The number of hydrogen-bond donors (Lipinski definition) is 0. The average molecular weight is 498 g/mol. The van der Waals surface area contributed by atoms with Gasteiger partial charge in [-0.05, 0) is 41.6 Å². The number of amides is 1. The van der Waals surface area contributed by atoms with E-state index in [0.717, 1.165) is 44.9 Å². The van der Waals surface area contributed by atoms with Gasteiger partial charge in [-0.1, -0.05) is 42.5 Å². The number of carbonyl (C=O) groups excluding carboxylic acids is 1. The molecular formula is C26H22F3N3O2S. The molecular weight excluding hydrogens is 475 g/mol. The van der Waals surface area contributed by atoms with Gasteiger partial charge < -0.3 is 9.32 Å². The molecule has 1 fully saturated rings. The van der Waals surface area contributed by atoms with E-state index in [-0.39, 0.29) is 5.91 Å². The molecule has 180 valence electrons. The van der Waals surface area contributed by atoms with Crippen molar-refractivity contribution < 1.29 is 22.4 Å². The summed E-state index contributed by atoms with van der Waals surface area (Å²) in [6, 6.07) is 18.5. The zero-order valence-corrected chi connectivity index (χ0v) is 19.5. The minimum atomic E-state index is -4.43. The number of benzene rings is 2. The Morgan fingerprint density at radius 2 is 1.74 bits per heavy atom. The van der Waals surface area contributed by atoms with Gasteiger partial charge in [0.05, 0.1) is 10.5 Å². The molecule has 2 aliphatic heterocycles. The summed E-state index contributed by atoms with van der Waals surface area (Å²) in [4.78, 5) is 21.6. The third-order valence-corrected chi connectivity index (χ3v) is 6.92. The van der Waals surface area contributed by atoms with E-state index in [2.05, 4.69) is 26.9 Å². The van der Waals surface area contributed by atoms with Crippen LogP contribution < -0.4 is 0 Å². The number of nitrogens with zero attached hydrogens (tertiary/aromatic N) is 3. The fourth-order valence-electron chi connectivity index (χ4n) is 4.04. The van der Waals surface area contributed by atoms with E-state index in [1.807, 2.05) is 18.2 Å². The van der Waals surface area contributed by atoms with Crippen LogP contribution >= 0.6 is 11.8 Å². The number of piperazine rings is 1. The van der Waals surface area contributed by atoms with Gasteiger partial charge in [0.1, 0.15) is 11.5 Å². The molecule has 0 spiro atoms. The fraction of sp³-hybridized carbons (Fsp3) is 0.231. The highest BCUT2D eigenvalue weighted by atomic mass is 32.2. The molecule has 5 rings (SSSR count). The van der Waals surface area contributed by atoms with Gasteiger partial charge in [0.15, 0.2) is 5.17 Å². The van der Waals surface area contributed by atoms with Crippen LogP contribution in [-0.2, 0) is 17.5 Å². The van der Waals surface area contributed by atoms with Crippen LogP contribution in [0, 0.1) is 0 Å². The number of aliphatic imine (C=N–C) groups is 1. The van der Waals surface area contributed by atoms with Crippen LogP contribution in [0.3, 0.4) is 0 Å². The normalized spacial score (nSPS) is 18.4. The first-order chi connectivity index (χ1) is 16.8. The van der Waals surface area contributed by atoms with Gasteiger partial charge in [-0.25, -0.2) is 0 Å². The van der Waals surface area contributed by atoms with Crippen molar-refractivity contribution in [3.8, 4) is 11.3 Å². The minimum absolute atomic E-state index is 0.300. The predicted octanol–water partition coefficient (Wildman–Crippen LogP) is 5.75. The number of alkyl halides is 3. The Labute approximate surface area is 204 Å². The molecule has 3 aromatic rings. The van der Waals surface area contributed by atoms with Crippen molar-refractivity contribution in [2.45, 2.75) is 12.7 Å². The topological polar surface area (TPSA) is 49.1 Å². The SMILES string of the molecule is O=C1N=C(N2CCN(Cc3ccccc3)CC2)S/C1=C/c1ccc(-c2cccc(C(F)(F)F)c2)o1. The molecule has 0 bridgehead atoms. The van der Waals surface area contributed by atoms with Gasteiger partial charge in [0.25, 0.3) is 5.91 Å². The van der Waals surface area contributed by atoms with Crippen molar-refractivity contribution in [1.29, 1.82) is 0 Å². The van der Waals surface area contributed by atoms with Crippen LogP contribution in [0.2, 0.25) is 0 Å². The molecule has 2 aromatic carbocycles. The third-order valence-electron chi connectivity index (χ3n) is 5.88. The summed E-state index contributed by atoms with van der Waals surface area (Å²) >= 11 is 1.30. The van der Waals surface area contributed by atoms with Crippen molar-refractivity contribution in [2.75, 3.05) is 26.2 Å². The molecule has 0 aliphatic carbocycles. The van der Waals surface area contributed by atoms with Crippen LogP contribution in [0.1, 0.15) is 16.9 Å². The Morgan fingerprint density at radius 3 is 2.49 bits per heavy atom. The highest BCUT2D eigenvalue weighted by Gasteiger charge is 2.31. The first-order valence-corrected chi connectivity index (χ1v) is 12.0. The molecule has 35 heavy (non-hydrogen) atoms. The fourth-order valence-corrected chi connectivity index (χ4v) is 4.98. The smallest absolute Gasteiger partial charge is 0.416 e. The summed E-state index contributed by atoms with van der Waals surface area (Å²) in [5.41, 5.74) is 0.854. The molecule has 1 saturated heterocycles. The van der Waals surface area contributed by atoms with Crippen LogP contribution in [0.5, 0.6) is 0 Å². The Balaban J connectivity index is 1.21. The maximum absolute atomic E-state index is 13.0. The molecule has 0 unspecified atom stereocenters. The average Bonchev–Trinajstić information content (AvgIpc) is 3.47. The van der Waals surface area contributed by atoms with Crippen molar-refractivity contribution in [3.63, 3.8) is 0 Å². The lowest BCUT2D eigenvalue weighted by molar-refractivity contribution is -0.137. The van der Waals surface area contributed by atoms with Crippen LogP contribution in [-0.4, -0.2) is 47.1 Å². The summed E-state index contributed by atoms with van der Waals surface area (Å²) in [5, 5.41) is 0.672. The highest BCUT2D eigenvalue weighted by molar-refractivity contribution is 8.18. The summed E-state index contributed by atoms with van der Waals surface area (Å²) < 4.78 is 44.8. The summed E-state index contributed by atoms with van der Waals surface area (Å²) in [6.07, 6.45) is -2.84. The summed E-state index contributed by atoms with van der Waals surface area (Å²) in [6.45, 7) is 4.20. The van der Waals surface area contributed by atoms with E-state index in [1.54, 1.807) is 24.3 Å². The second-order valence-corrected chi connectivity index (χ2v) is 9.35. The number of halogens is 3. The maximum atomic E-state index is 13.0. The third kappa shape index (κ3) is 5.52. The lowest BCUT2D eigenvalue weighted by Gasteiger charge is -2.35. The van der Waals surface area contributed by atoms with Crippen LogP contribution in [0.25, 0.3) is 17.4 Å². The molecule has 2 aliphatic rings. The van der Waals surface area contributed by atoms with E-state index in [9.17, 15) is 18.0 Å². The number of rotatable bonds is 4. The summed E-state index contributed by atoms with van der Waals surface area (Å²) in [5.74, 6) is 0.347. The zero-order valence-electron chi connectivity index (χ0n) is 18.7. The molecule has 1 aromatic heterocycles. The number of carbonyl (C=O) groups is 1. The molecule has 9 heteroatoms. The Bertz CT molecular complexity index is 1280. The van der Waals surface area contributed by atoms with E-state index in [0.29, 0.717) is 27.2 Å². The minimum Gasteiger partial charge on any atom is -0.457 e. The zero-order chi connectivity index (χ0) is 24.4. The Hall–Kier alpha value is -3.30. The standard InChI is InChI=1S/C26H22F3N3O2S/c27-26(28,29)20-8-4-7-19(15-20)22-10-9-21(34-22)16-23-24(33)30-25(35-23)32-13-11-31(12-14-32)17-18-5-2-1-3-6-18/h1-10,15-16H,11-14,17H2/b23-16+. The van der Waals surface area contributed by atoms with Crippen molar-refractivity contribution in [1.82, 2.24) is 9.80 Å². The van der Waals surface area contributed by atoms with E-state index >= 15 is 0 Å². The number of thioether (sulfide) groups is 1. The Kier molecular flexibility index (Phi) is 6.53. The second kappa shape index (κ2) is 9.75. The molecule has 0 atom stereocenters. The van der Waals surface area contributed by atoms with Crippen LogP contribution in [0.4, 0.5) is 13.2 Å². The number of amidine groups is 1. The largest absolute Gasteiger partial charge is 0.457 e. The van der Waals surface area contributed by atoms with Crippen molar-refractivity contribution in [2.24, 2.45) is 4.99 Å². The number of furan rings is 1. The lowest BCUT2D eigenvalue weighted by Crippen LogP contribution is -2.47.